The molecule has 136 valence electrons. The molecule has 7 nitrogen and oxygen atoms in total. The van der Waals surface area contributed by atoms with Crippen molar-refractivity contribution in [3.8, 4) is 11.4 Å². The second-order valence-corrected chi connectivity index (χ2v) is 6.29. The molecule has 0 aliphatic carbocycles. The molecule has 1 aromatic heterocycles. The van der Waals surface area contributed by atoms with E-state index in [-0.39, 0.29) is 5.91 Å². The Labute approximate surface area is 152 Å². The highest BCUT2D eigenvalue weighted by atomic mass is 32.2. The lowest BCUT2D eigenvalue weighted by molar-refractivity contribution is -0.118. The van der Waals surface area contributed by atoms with Crippen LogP contribution in [0.25, 0.3) is 5.69 Å². The molecule has 8 heteroatoms. The molecule has 0 bridgehead atoms. The smallest absolute Gasteiger partial charge is 0.230 e. The third-order valence-corrected chi connectivity index (χ3v) is 4.79. The number of nitrogens with zero attached hydrogens (tertiary/aromatic N) is 4. The molecule has 1 amide bonds. The Morgan fingerprint density at radius 3 is 2.64 bits per heavy atom. The number of ether oxygens (including phenoxy) is 1. The second kappa shape index (κ2) is 10.0. The highest BCUT2D eigenvalue weighted by Crippen LogP contribution is 2.21. The molecule has 1 N–H and O–H groups in total. The van der Waals surface area contributed by atoms with E-state index in [1.165, 1.54) is 11.8 Å². The largest absolute Gasteiger partial charge is 0.497 e. The van der Waals surface area contributed by atoms with Crippen molar-refractivity contribution in [2.75, 3.05) is 39.0 Å². The summed E-state index contributed by atoms with van der Waals surface area (Å²) in [6.45, 7) is 7.75. The van der Waals surface area contributed by atoms with Gasteiger partial charge in [0.05, 0.1) is 12.9 Å². The highest BCUT2D eigenvalue weighted by molar-refractivity contribution is 7.99. The summed E-state index contributed by atoms with van der Waals surface area (Å²) in [5.41, 5.74) is 0.926. The fourth-order valence-corrected chi connectivity index (χ4v) is 3.08. The molecule has 0 aliphatic heterocycles. The van der Waals surface area contributed by atoms with E-state index >= 15 is 0 Å². The lowest BCUT2D eigenvalue weighted by Gasteiger charge is -2.17. The number of methoxy groups -OCH3 is 1. The van der Waals surface area contributed by atoms with Gasteiger partial charge in [-0.3, -0.25) is 9.36 Å². The van der Waals surface area contributed by atoms with Gasteiger partial charge in [-0.05, 0) is 37.4 Å². The number of likely N-dealkylation sites (N-methyl/N-ethyl adjacent to an activating group) is 1. The zero-order valence-electron chi connectivity index (χ0n) is 14.9. The number of thioether (sulfide) groups is 1. The Morgan fingerprint density at radius 2 is 2.00 bits per heavy atom. The molecule has 0 radical (unpaired) electrons. The zero-order valence-corrected chi connectivity index (χ0v) is 15.8. The van der Waals surface area contributed by atoms with Crippen LogP contribution in [-0.2, 0) is 4.79 Å². The molecule has 2 rings (SSSR count). The normalized spacial score (nSPS) is 10.9. The lowest BCUT2D eigenvalue weighted by Crippen LogP contribution is -2.35. The third-order valence-electron chi connectivity index (χ3n) is 3.84. The molecule has 0 saturated carbocycles. The predicted octanol–water partition coefficient (Wildman–Crippen LogP) is 1.83. The standard InChI is InChI=1S/C17H25N5O2S/c1-4-21(5-2)11-10-18-16(23)12-25-17-20-19-13-22(17)14-6-8-15(24-3)9-7-14/h6-9,13H,4-5,10-12H2,1-3H3,(H,18,23). The molecule has 1 aromatic carbocycles. The van der Waals surface area contributed by atoms with Crippen LogP contribution < -0.4 is 10.1 Å². The van der Waals surface area contributed by atoms with E-state index in [1.807, 2.05) is 28.8 Å². The number of amides is 1. The molecule has 0 saturated heterocycles. The van der Waals surface area contributed by atoms with E-state index < -0.39 is 0 Å². The van der Waals surface area contributed by atoms with Crippen molar-refractivity contribution in [3.05, 3.63) is 30.6 Å². The molecule has 0 spiro atoms. The van der Waals surface area contributed by atoms with Crippen LogP contribution >= 0.6 is 11.8 Å². The average molecular weight is 363 g/mol. The summed E-state index contributed by atoms with van der Waals surface area (Å²) in [5.74, 6) is 1.10. The van der Waals surface area contributed by atoms with Crippen molar-refractivity contribution in [1.82, 2.24) is 25.0 Å². The van der Waals surface area contributed by atoms with Crippen molar-refractivity contribution in [1.29, 1.82) is 0 Å². The van der Waals surface area contributed by atoms with E-state index in [2.05, 4.69) is 34.3 Å². The minimum atomic E-state index is 0.00133. The maximum atomic E-state index is 12.0. The Hall–Kier alpha value is -2.06. The maximum Gasteiger partial charge on any atom is 0.230 e. The zero-order chi connectivity index (χ0) is 18.1. The first-order valence-electron chi connectivity index (χ1n) is 8.34. The first-order chi connectivity index (χ1) is 12.2. The van der Waals surface area contributed by atoms with Crippen molar-refractivity contribution in [3.63, 3.8) is 0 Å². The summed E-state index contributed by atoms with van der Waals surface area (Å²) in [7, 11) is 1.63. The van der Waals surface area contributed by atoms with Gasteiger partial charge >= 0.3 is 0 Å². The summed E-state index contributed by atoms with van der Waals surface area (Å²) in [4.78, 5) is 14.3. The number of nitrogens with one attached hydrogen (secondary N) is 1. The van der Waals surface area contributed by atoms with Crippen LogP contribution in [0.1, 0.15) is 13.8 Å². The molecule has 25 heavy (non-hydrogen) atoms. The fraction of sp³-hybridized carbons (Fsp3) is 0.471. The fourth-order valence-electron chi connectivity index (χ4n) is 2.32. The van der Waals surface area contributed by atoms with Crippen LogP contribution in [0.15, 0.2) is 35.7 Å². The summed E-state index contributed by atoms with van der Waals surface area (Å²) in [6, 6.07) is 7.61. The maximum absolute atomic E-state index is 12.0. The van der Waals surface area contributed by atoms with Crippen LogP contribution in [0.2, 0.25) is 0 Å². The number of hydrogen-bond donors (Lipinski definition) is 1. The number of rotatable bonds is 10. The minimum Gasteiger partial charge on any atom is -0.497 e. The Balaban J connectivity index is 1.85. The van der Waals surface area contributed by atoms with Gasteiger partial charge in [0.25, 0.3) is 0 Å². The molecular weight excluding hydrogens is 338 g/mol. The summed E-state index contributed by atoms with van der Waals surface area (Å²) >= 11 is 1.37. The van der Waals surface area contributed by atoms with Gasteiger partial charge in [0, 0.05) is 18.8 Å². The SMILES string of the molecule is CCN(CC)CCNC(=O)CSc1nncn1-c1ccc(OC)cc1. The van der Waals surface area contributed by atoms with Gasteiger partial charge in [-0.1, -0.05) is 25.6 Å². The van der Waals surface area contributed by atoms with Gasteiger partial charge < -0.3 is 15.0 Å². The quantitative estimate of drug-likeness (QED) is 0.649. The Bertz CT molecular complexity index is 655. The summed E-state index contributed by atoms with van der Waals surface area (Å²) < 4.78 is 7.02. The van der Waals surface area contributed by atoms with Crippen molar-refractivity contribution < 1.29 is 9.53 Å². The molecular formula is C17H25N5O2S. The molecule has 2 aromatic rings. The van der Waals surface area contributed by atoms with Gasteiger partial charge in [-0.15, -0.1) is 10.2 Å². The second-order valence-electron chi connectivity index (χ2n) is 5.35. The minimum absolute atomic E-state index is 0.00133. The average Bonchev–Trinajstić information content (AvgIpc) is 3.12. The monoisotopic (exact) mass is 363 g/mol. The van der Waals surface area contributed by atoms with E-state index in [1.54, 1.807) is 13.4 Å². The Kier molecular flexibility index (Phi) is 7.75. The summed E-state index contributed by atoms with van der Waals surface area (Å²) in [5, 5.41) is 11.7. The van der Waals surface area contributed by atoms with Crippen LogP contribution in [0.5, 0.6) is 5.75 Å². The van der Waals surface area contributed by atoms with E-state index in [4.69, 9.17) is 4.74 Å². The number of hydrogen-bond acceptors (Lipinski definition) is 6. The lowest BCUT2D eigenvalue weighted by atomic mass is 10.3. The van der Waals surface area contributed by atoms with Crippen molar-refractivity contribution in [2.24, 2.45) is 0 Å². The number of carbonyl (C=O) groups excluding carboxylic acids is 1. The van der Waals surface area contributed by atoms with Crippen molar-refractivity contribution >= 4 is 17.7 Å². The molecule has 0 atom stereocenters. The van der Waals surface area contributed by atoms with Gasteiger partial charge in [-0.2, -0.15) is 0 Å². The van der Waals surface area contributed by atoms with Crippen molar-refractivity contribution in [2.45, 2.75) is 19.0 Å². The number of benzene rings is 1. The number of aromatic nitrogens is 3. The summed E-state index contributed by atoms with van der Waals surface area (Å²) in [6.07, 6.45) is 1.64. The van der Waals surface area contributed by atoms with Crippen LogP contribution in [-0.4, -0.2) is 64.6 Å². The molecule has 0 unspecified atom stereocenters. The van der Waals surface area contributed by atoms with Crippen LogP contribution in [0.3, 0.4) is 0 Å². The van der Waals surface area contributed by atoms with E-state index in [0.29, 0.717) is 17.5 Å². The predicted molar refractivity (Wildman–Crippen MR) is 99.4 cm³/mol. The first kappa shape index (κ1) is 19.3. The van der Waals surface area contributed by atoms with E-state index in [9.17, 15) is 4.79 Å². The van der Waals surface area contributed by atoms with Gasteiger partial charge in [-0.25, -0.2) is 0 Å². The van der Waals surface area contributed by atoms with Gasteiger partial charge in [0.15, 0.2) is 5.16 Å². The van der Waals surface area contributed by atoms with Crippen LogP contribution in [0, 0.1) is 0 Å². The molecule has 1 heterocycles. The van der Waals surface area contributed by atoms with Gasteiger partial charge in [0.1, 0.15) is 12.1 Å². The third kappa shape index (κ3) is 5.75. The molecule has 0 fully saturated rings. The number of carbonyl (C=O) groups is 1. The van der Waals surface area contributed by atoms with Gasteiger partial charge in [0.2, 0.25) is 5.91 Å². The van der Waals surface area contributed by atoms with E-state index in [0.717, 1.165) is 31.1 Å². The highest BCUT2D eigenvalue weighted by Gasteiger charge is 2.10. The molecule has 0 aliphatic rings. The van der Waals surface area contributed by atoms with Crippen LogP contribution in [0.4, 0.5) is 0 Å². The topological polar surface area (TPSA) is 72.3 Å². The Morgan fingerprint density at radius 1 is 1.28 bits per heavy atom. The first-order valence-corrected chi connectivity index (χ1v) is 9.32.